The average molecular weight is 333 g/mol. The van der Waals surface area contributed by atoms with Crippen LogP contribution in [-0.2, 0) is 9.53 Å². The average Bonchev–Trinajstić information content (AvgIpc) is 2.57. The van der Waals surface area contributed by atoms with Crippen molar-refractivity contribution < 1.29 is 24.4 Å². The van der Waals surface area contributed by atoms with Gasteiger partial charge in [0, 0.05) is 24.0 Å². The zero-order chi connectivity index (χ0) is 18.1. The SMILES string of the molecule is CC1=CC(O)C(OC(=O)c2ccc([N+](=O)[O-])cc2)C(C)(C)CC1=O. The van der Waals surface area contributed by atoms with Crippen LogP contribution in [0.15, 0.2) is 35.9 Å². The van der Waals surface area contributed by atoms with Gasteiger partial charge in [-0.15, -0.1) is 0 Å². The standard InChI is InChI=1S/C17H19NO6/c1-10-8-13(19)15(17(2,3)9-14(10)20)24-16(21)11-4-6-12(7-5-11)18(22)23/h4-8,13,15,19H,9H2,1-3H3. The van der Waals surface area contributed by atoms with Crippen molar-refractivity contribution in [2.45, 2.75) is 39.4 Å². The molecule has 0 heterocycles. The molecule has 7 nitrogen and oxygen atoms in total. The third kappa shape index (κ3) is 3.68. The molecule has 0 saturated heterocycles. The first-order chi connectivity index (χ1) is 11.1. The van der Waals surface area contributed by atoms with Crippen LogP contribution < -0.4 is 0 Å². The number of carbonyl (C=O) groups is 2. The third-order valence-electron chi connectivity index (χ3n) is 4.10. The maximum atomic E-state index is 12.3. The predicted molar refractivity (Wildman–Crippen MR) is 85.5 cm³/mol. The van der Waals surface area contributed by atoms with E-state index in [4.69, 9.17) is 4.74 Å². The number of nitrogens with zero attached hydrogens (tertiary/aromatic N) is 1. The number of aliphatic hydroxyl groups excluding tert-OH is 1. The first kappa shape index (κ1) is 17.8. The van der Waals surface area contributed by atoms with E-state index in [1.807, 2.05) is 0 Å². The van der Waals surface area contributed by atoms with E-state index in [1.165, 1.54) is 30.3 Å². The second-order valence-electron chi connectivity index (χ2n) is 6.56. The summed E-state index contributed by atoms with van der Waals surface area (Å²) in [7, 11) is 0. The zero-order valence-corrected chi connectivity index (χ0v) is 13.7. The molecule has 0 saturated carbocycles. The second kappa shape index (κ2) is 6.52. The molecule has 1 aliphatic rings. The molecule has 0 spiro atoms. The summed E-state index contributed by atoms with van der Waals surface area (Å²) >= 11 is 0. The van der Waals surface area contributed by atoms with E-state index in [1.54, 1.807) is 20.8 Å². The van der Waals surface area contributed by atoms with Crippen molar-refractivity contribution in [2.24, 2.45) is 5.41 Å². The summed E-state index contributed by atoms with van der Waals surface area (Å²) in [5, 5.41) is 20.9. The molecule has 2 atom stereocenters. The van der Waals surface area contributed by atoms with Crippen molar-refractivity contribution in [1.29, 1.82) is 0 Å². The van der Waals surface area contributed by atoms with Crippen LogP contribution in [0, 0.1) is 15.5 Å². The number of aliphatic hydroxyl groups is 1. The molecule has 0 bridgehead atoms. The van der Waals surface area contributed by atoms with Crippen LogP contribution in [0.4, 0.5) is 5.69 Å². The van der Waals surface area contributed by atoms with E-state index in [0.717, 1.165) is 0 Å². The van der Waals surface area contributed by atoms with Gasteiger partial charge >= 0.3 is 5.97 Å². The van der Waals surface area contributed by atoms with Crippen LogP contribution in [0.3, 0.4) is 0 Å². The van der Waals surface area contributed by atoms with Crippen LogP contribution in [0.2, 0.25) is 0 Å². The maximum absolute atomic E-state index is 12.3. The number of rotatable bonds is 3. The smallest absolute Gasteiger partial charge is 0.338 e. The molecule has 1 aromatic carbocycles. The Balaban J connectivity index is 2.22. The molecule has 0 aliphatic heterocycles. The number of non-ortho nitro benzene ring substituents is 1. The van der Waals surface area contributed by atoms with Crippen molar-refractivity contribution in [1.82, 2.24) is 0 Å². The number of hydrogen-bond acceptors (Lipinski definition) is 6. The Morgan fingerprint density at radius 3 is 2.46 bits per heavy atom. The van der Waals surface area contributed by atoms with Crippen molar-refractivity contribution in [2.75, 3.05) is 0 Å². The Bertz CT molecular complexity index is 704. The van der Waals surface area contributed by atoms with Crippen molar-refractivity contribution in [3.63, 3.8) is 0 Å². The van der Waals surface area contributed by atoms with Crippen LogP contribution in [0.5, 0.6) is 0 Å². The summed E-state index contributed by atoms with van der Waals surface area (Å²) in [6, 6.07) is 5.00. The Morgan fingerprint density at radius 2 is 1.92 bits per heavy atom. The van der Waals surface area contributed by atoms with Gasteiger partial charge < -0.3 is 9.84 Å². The molecular weight excluding hydrogens is 314 g/mol. The highest BCUT2D eigenvalue weighted by Gasteiger charge is 2.41. The molecule has 1 N–H and O–H groups in total. The largest absolute Gasteiger partial charge is 0.455 e. The van der Waals surface area contributed by atoms with E-state index in [2.05, 4.69) is 0 Å². The van der Waals surface area contributed by atoms with Gasteiger partial charge in [0.1, 0.15) is 12.2 Å². The molecule has 7 heteroatoms. The quantitative estimate of drug-likeness (QED) is 0.517. The summed E-state index contributed by atoms with van der Waals surface area (Å²) in [6.07, 6.45) is -0.467. The van der Waals surface area contributed by atoms with Crippen LogP contribution in [-0.4, -0.2) is 34.0 Å². The summed E-state index contributed by atoms with van der Waals surface area (Å²) in [4.78, 5) is 34.4. The maximum Gasteiger partial charge on any atom is 0.338 e. The topological polar surface area (TPSA) is 107 Å². The Hall–Kier alpha value is -2.54. The van der Waals surface area contributed by atoms with E-state index in [9.17, 15) is 24.8 Å². The molecule has 0 amide bonds. The minimum atomic E-state index is -1.10. The van der Waals surface area contributed by atoms with E-state index >= 15 is 0 Å². The van der Waals surface area contributed by atoms with Gasteiger partial charge in [0.05, 0.1) is 10.5 Å². The van der Waals surface area contributed by atoms with Crippen molar-refractivity contribution in [3.8, 4) is 0 Å². The molecule has 0 radical (unpaired) electrons. The number of ketones is 1. The molecule has 1 aromatic rings. The number of nitro groups is 1. The summed E-state index contributed by atoms with van der Waals surface area (Å²) in [6.45, 7) is 5.10. The molecule has 0 aromatic heterocycles. The van der Waals surface area contributed by atoms with E-state index < -0.39 is 28.5 Å². The number of allylic oxidation sites excluding steroid dienone is 1. The van der Waals surface area contributed by atoms with Crippen molar-refractivity contribution >= 4 is 17.4 Å². The number of hydrogen-bond donors (Lipinski definition) is 1. The second-order valence-corrected chi connectivity index (χ2v) is 6.56. The molecule has 1 aliphatic carbocycles. The summed E-state index contributed by atoms with van der Waals surface area (Å²) < 4.78 is 5.43. The first-order valence-electron chi connectivity index (χ1n) is 7.47. The predicted octanol–water partition coefficient (Wildman–Crippen LogP) is 2.43. The molecule has 0 fully saturated rings. The first-order valence-corrected chi connectivity index (χ1v) is 7.47. The minimum absolute atomic E-state index is 0.104. The fourth-order valence-corrected chi connectivity index (χ4v) is 2.68. The highest BCUT2D eigenvalue weighted by molar-refractivity contribution is 5.96. The Kier molecular flexibility index (Phi) is 4.84. The zero-order valence-electron chi connectivity index (χ0n) is 13.7. The van der Waals surface area contributed by atoms with E-state index in [0.29, 0.717) is 5.57 Å². The lowest BCUT2D eigenvalue weighted by molar-refractivity contribution is -0.384. The van der Waals surface area contributed by atoms with Gasteiger partial charge in [-0.3, -0.25) is 14.9 Å². The highest BCUT2D eigenvalue weighted by atomic mass is 16.6. The van der Waals surface area contributed by atoms with Gasteiger partial charge in [-0.25, -0.2) is 4.79 Å². The highest BCUT2D eigenvalue weighted by Crippen LogP contribution is 2.35. The fourth-order valence-electron chi connectivity index (χ4n) is 2.68. The lowest BCUT2D eigenvalue weighted by Crippen LogP contribution is -2.42. The minimum Gasteiger partial charge on any atom is -0.455 e. The number of Topliss-reactive ketones (excluding diaryl/α,β-unsaturated/α-hetero) is 1. The normalized spacial score (nSPS) is 23.2. The van der Waals surface area contributed by atoms with Gasteiger partial charge in [0.2, 0.25) is 0 Å². The molecule has 2 rings (SSSR count). The lowest BCUT2D eigenvalue weighted by Gasteiger charge is -2.33. The van der Waals surface area contributed by atoms with Crippen LogP contribution >= 0.6 is 0 Å². The van der Waals surface area contributed by atoms with Gasteiger partial charge in [0.25, 0.3) is 5.69 Å². The molecule has 2 unspecified atom stereocenters. The van der Waals surface area contributed by atoms with Gasteiger partial charge in [-0.2, -0.15) is 0 Å². The van der Waals surface area contributed by atoms with Crippen LogP contribution in [0.1, 0.15) is 37.6 Å². The van der Waals surface area contributed by atoms with Gasteiger partial charge in [-0.05, 0) is 30.7 Å². The molecule has 128 valence electrons. The van der Waals surface area contributed by atoms with Crippen LogP contribution in [0.25, 0.3) is 0 Å². The van der Waals surface area contributed by atoms with Crippen molar-refractivity contribution in [3.05, 3.63) is 51.6 Å². The Labute approximate surface area is 139 Å². The van der Waals surface area contributed by atoms with Gasteiger partial charge in [0.15, 0.2) is 5.78 Å². The number of nitro benzene ring substituents is 1. The van der Waals surface area contributed by atoms with E-state index in [-0.39, 0.29) is 23.5 Å². The number of esters is 1. The lowest BCUT2D eigenvalue weighted by atomic mass is 9.80. The Morgan fingerprint density at radius 1 is 1.33 bits per heavy atom. The fraction of sp³-hybridized carbons (Fsp3) is 0.412. The van der Waals surface area contributed by atoms with Gasteiger partial charge in [-0.1, -0.05) is 13.8 Å². The number of ether oxygens (including phenoxy) is 1. The third-order valence-corrected chi connectivity index (χ3v) is 4.10. The monoisotopic (exact) mass is 333 g/mol. The summed E-state index contributed by atoms with van der Waals surface area (Å²) in [5.74, 6) is -0.810. The number of carbonyl (C=O) groups excluding carboxylic acids is 2. The number of benzene rings is 1. The molecule has 24 heavy (non-hydrogen) atoms. The molecular formula is C17H19NO6. The summed E-state index contributed by atoms with van der Waals surface area (Å²) in [5.41, 5.74) is -0.309.